The largest absolute Gasteiger partial charge is 0.445 e. The average Bonchev–Trinajstić information content (AvgIpc) is 2.61. The highest BCUT2D eigenvalue weighted by molar-refractivity contribution is 6.48. The van der Waals surface area contributed by atoms with Crippen molar-refractivity contribution < 1.29 is 23.5 Å². The predicted octanol–water partition coefficient (Wildman–Crippen LogP) is 3.78. The maximum Gasteiger partial charge on any atom is 0.411 e. The lowest BCUT2D eigenvalue weighted by Gasteiger charge is -2.42. The normalized spacial score (nSPS) is 14.6. The lowest BCUT2D eigenvalue weighted by molar-refractivity contribution is -0.0370. The summed E-state index contributed by atoms with van der Waals surface area (Å²) in [6.07, 6.45) is 1.49. The van der Waals surface area contributed by atoms with Crippen molar-refractivity contribution in [3.05, 3.63) is 25.3 Å². The van der Waals surface area contributed by atoms with Crippen LogP contribution in [-0.2, 0) is 13.9 Å². The fourth-order valence-corrected chi connectivity index (χ4v) is 3.59. The summed E-state index contributed by atoms with van der Waals surface area (Å²) in [5, 5.41) is 2.79. The highest BCUT2D eigenvalue weighted by Gasteiger charge is 2.39. The monoisotopic (exact) mass is 414 g/mol. The maximum absolute atomic E-state index is 12.4. The minimum Gasteiger partial charge on any atom is -0.445 e. The van der Waals surface area contributed by atoms with E-state index >= 15 is 0 Å². The Labute approximate surface area is 171 Å². The highest BCUT2D eigenvalue weighted by Crippen LogP contribution is 2.35. The molecule has 0 aliphatic rings. The van der Waals surface area contributed by atoms with E-state index in [1.54, 1.807) is 7.05 Å². The predicted molar refractivity (Wildman–Crippen MR) is 115 cm³/mol. The fourth-order valence-electron chi connectivity index (χ4n) is 2.65. The minimum atomic E-state index is -1.50. The molecular weight excluding hydrogens is 376 g/mol. The molecule has 1 unspecified atom stereocenters. The number of amides is 2. The summed E-state index contributed by atoms with van der Waals surface area (Å²) in [7, 11) is 0.159. The topological polar surface area (TPSA) is 77.1 Å². The van der Waals surface area contributed by atoms with Crippen molar-refractivity contribution in [2.75, 3.05) is 26.8 Å². The van der Waals surface area contributed by atoms with Crippen LogP contribution < -0.4 is 5.32 Å². The number of alkyl carbamates (subject to hydrolysis) is 1. The zero-order chi connectivity index (χ0) is 21.9. The van der Waals surface area contributed by atoms with Gasteiger partial charge >= 0.3 is 12.2 Å². The molecule has 0 aromatic heterocycles. The summed E-state index contributed by atoms with van der Waals surface area (Å²) in [5.74, 6) is -0.0351. The fraction of sp³-hybridized carbons (Fsp3) is 0.700. The number of carbonyl (C=O) groups excluding carboxylic acids is 2. The van der Waals surface area contributed by atoms with Crippen LogP contribution in [-0.4, -0.2) is 59.2 Å². The Balaban J connectivity index is 5.61. The Hall–Kier alpha value is -1.80. The van der Waals surface area contributed by atoms with Crippen molar-refractivity contribution in [1.82, 2.24) is 10.2 Å². The molecule has 7 nitrogen and oxygen atoms in total. The summed E-state index contributed by atoms with van der Waals surface area (Å²) >= 11 is 0. The molecule has 0 spiro atoms. The van der Waals surface area contributed by atoms with Crippen LogP contribution in [0.2, 0.25) is 13.1 Å². The van der Waals surface area contributed by atoms with E-state index in [1.807, 2.05) is 13.1 Å². The third-order valence-corrected chi connectivity index (χ3v) is 5.42. The summed E-state index contributed by atoms with van der Waals surface area (Å²) in [6.45, 7) is 20.2. The van der Waals surface area contributed by atoms with Gasteiger partial charge in [-0.2, -0.15) is 0 Å². The van der Waals surface area contributed by atoms with Gasteiger partial charge in [-0.15, -0.1) is 0 Å². The molecule has 0 aromatic carbocycles. The molecule has 3 atom stereocenters. The van der Waals surface area contributed by atoms with Crippen molar-refractivity contribution in [2.24, 2.45) is 17.3 Å². The van der Waals surface area contributed by atoms with E-state index in [-0.39, 0.29) is 30.5 Å². The Bertz CT molecular complexity index is 519. The third kappa shape index (κ3) is 9.41. The Kier molecular flexibility index (Phi) is 11.8. The van der Waals surface area contributed by atoms with Gasteiger partial charge < -0.3 is 19.2 Å². The number of carbonyl (C=O) groups is 2. The second-order valence-electron chi connectivity index (χ2n) is 8.14. The highest BCUT2D eigenvalue weighted by atomic mass is 28.3. The Morgan fingerprint density at radius 1 is 1.14 bits per heavy atom. The van der Waals surface area contributed by atoms with E-state index in [0.29, 0.717) is 6.54 Å². The second kappa shape index (κ2) is 12.6. The molecule has 0 aromatic rings. The van der Waals surface area contributed by atoms with Crippen LogP contribution in [0.3, 0.4) is 0 Å². The van der Waals surface area contributed by atoms with Gasteiger partial charge in [-0.3, -0.25) is 4.90 Å². The zero-order valence-corrected chi connectivity index (χ0v) is 19.6. The summed E-state index contributed by atoms with van der Waals surface area (Å²) < 4.78 is 16.4. The molecule has 8 heteroatoms. The van der Waals surface area contributed by atoms with Crippen LogP contribution in [0.1, 0.15) is 27.7 Å². The Morgan fingerprint density at radius 2 is 1.68 bits per heavy atom. The molecule has 0 rings (SSSR count). The number of nitrogens with one attached hydrogen (secondary N) is 1. The number of nitrogens with zero attached hydrogens (tertiary/aromatic N) is 1. The number of hydrogen-bond donors (Lipinski definition) is 1. The zero-order valence-electron chi connectivity index (χ0n) is 18.5. The summed E-state index contributed by atoms with van der Waals surface area (Å²) in [5.41, 5.74) is -0.0661. The van der Waals surface area contributed by atoms with Crippen molar-refractivity contribution in [1.29, 1.82) is 0 Å². The standard InChI is InChI=1S/C20H38N2O5Si/c1-10-12-25-18(23)21-14-16(15(3)20(4,5)6)17(27-28(8)9)22(7)19(24)26-13-11-2/h10-11,15-17,28H,1-2,12-14H2,3-9H3,(H,21,23)/t15-,16-,17?/m1/s1. The van der Waals surface area contributed by atoms with Gasteiger partial charge in [0.25, 0.3) is 0 Å². The minimum absolute atomic E-state index is 0.0661. The van der Waals surface area contributed by atoms with E-state index in [4.69, 9.17) is 13.9 Å². The molecule has 1 N–H and O–H groups in total. The number of hydrogen-bond acceptors (Lipinski definition) is 5. The van der Waals surface area contributed by atoms with E-state index in [1.165, 1.54) is 17.1 Å². The summed E-state index contributed by atoms with van der Waals surface area (Å²) in [4.78, 5) is 25.9. The third-order valence-electron chi connectivity index (χ3n) is 4.59. The molecule has 0 aliphatic carbocycles. The number of rotatable bonds is 11. The molecule has 0 aliphatic heterocycles. The van der Waals surface area contributed by atoms with Gasteiger partial charge in [0.05, 0.1) is 0 Å². The van der Waals surface area contributed by atoms with E-state index in [2.05, 4.69) is 46.2 Å². The SMILES string of the molecule is C=CCOC(=O)NC[C@@H](C(O[SiH](C)C)N(C)C(=O)OCC=C)[C@@H](C)C(C)(C)C. The molecule has 0 radical (unpaired) electrons. The van der Waals surface area contributed by atoms with E-state index in [0.717, 1.165) is 0 Å². The van der Waals surface area contributed by atoms with E-state index < -0.39 is 27.5 Å². The lowest BCUT2D eigenvalue weighted by atomic mass is 9.73. The Morgan fingerprint density at radius 3 is 2.14 bits per heavy atom. The van der Waals surface area contributed by atoms with Gasteiger partial charge in [-0.25, -0.2) is 9.59 Å². The molecule has 2 amide bonds. The first-order valence-corrected chi connectivity index (χ1v) is 12.4. The van der Waals surface area contributed by atoms with Crippen LogP contribution in [0.4, 0.5) is 9.59 Å². The molecular formula is C20H38N2O5Si. The quantitative estimate of drug-likeness (QED) is 0.316. The van der Waals surface area contributed by atoms with Gasteiger partial charge in [-0.1, -0.05) is 53.0 Å². The van der Waals surface area contributed by atoms with Gasteiger partial charge in [0.15, 0.2) is 9.04 Å². The molecule has 28 heavy (non-hydrogen) atoms. The average molecular weight is 415 g/mol. The molecule has 162 valence electrons. The molecule has 0 heterocycles. The molecule has 0 saturated heterocycles. The first-order chi connectivity index (χ1) is 12.9. The van der Waals surface area contributed by atoms with Crippen molar-refractivity contribution >= 4 is 21.2 Å². The molecule has 0 saturated carbocycles. The van der Waals surface area contributed by atoms with Crippen LogP contribution in [0.25, 0.3) is 0 Å². The van der Waals surface area contributed by atoms with Crippen molar-refractivity contribution in [3.63, 3.8) is 0 Å². The summed E-state index contributed by atoms with van der Waals surface area (Å²) in [6, 6.07) is 0. The maximum atomic E-state index is 12.4. The first kappa shape index (κ1) is 26.2. The van der Waals surface area contributed by atoms with Crippen LogP contribution in [0, 0.1) is 17.3 Å². The van der Waals surface area contributed by atoms with Gasteiger partial charge in [0.2, 0.25) is 0 Å². The van der Waals surface area contributed by atoms with Gasteiger partial charge in [-0.05, 0) is 24.4 Å². The van der Waals surface area contributed by atoms with E-state index in [9.17, 15) is 9.59 Å². The van der Waals surface area contributed by atoms with Crippen molar-refractivity contribution in [3.8, 4) is 0 Å². The van der Waals surface area contributed by atoms with Crippen molar-refractivity contribution in [2.45, 2.75) is 47.0 Å². The first-order valence-electron chi connectivity index (χ1n) is 9.63. The molecule has 0 bridgehead atoms. The van der Waals surface area contributed by atoms with Gasteiger partial charge in [0.1, 0.15) is 19.4 Å². The molecule has 0 fully saturated rings. The van der Waals surface area contributed by atoms with Gasteiger partial charge in [0, 0.05) is 19.5 Å². The number of ether oxygens (including phenoxy) is 2. The van der Waals surface area contributed by atoms with Crippen LogP contribution in [0.5, 0.6) is 0 Å². The second-order valence-corrected chi connectivity index (χ2v) is 10.5. The van der Waals surface area contributed by atoms with Crippen LogP contribution >= 0.6 is 0 Å². The lowest BCUT2D eigenvalue weighted by Crippen LogP contribution is -2.52. The smallest absolute Gasteiger partial charge is 0.411 e. The van der Waals surface area contributed by atoms with Crippen LogP contribution in [0.15, 0.2) is 25.3 Å².